The maximum atomic E-state index is 5.68. The van der Waals surface area contributed by atoms with Crippen molar-refractivity contribution in [3.05, 3.63) is 30.2 Å². The lowest BCUT2D eigenvalue weighted by Gasteiger charge is -2.09. The lowest BCUT2D eigenvalue weighted by molar-refractivity contribution is 0.339. The summed E-state index contributed by atoms with van der Waals surface area (Å²) in [6.45, 7) is 0. The van der Waals surface area contributed by atoms with E-state index < -0.39 is 0 Å². The Morgan fingerprint density at radius 1 is 1.05 bits per heavy atom. The van der Waals surface area contributed by atoms with E-state index in [0.29, 0.717) is 11.7 Å². The summed E-state index contributed by atoms with van der Waals surface area (Å²) >= 11 is 0. The number of rotatable bonds is 3. The Bertz CT molecular complexity index is 539. The lowest BCUT2D eigenvalue weighted by Crippen LogP contribution is -2.03. The fraction of sp³-hybridized carbons (Fsp3) is 0.500. The quantitative estimate of drug-likeness (QED) is 0.680. The van der Waals surface area contributed by atoms with E-state index in [9.17, 15) is 0 Å². The first kappa shape index (κ1) is 13.2. The van der Waals surface area contributed by atoms with E-state index in [2.05, 4.69) is 10.1 Å². The van der Waals surface area contributed by atoms with Gasteiger partial charge in [0.2, 0.25) is 11.7 Å². The van der Waals surface area contributed by atoms with Gasteiger partial charge < -0.3 is 10.3 Å². The lowest BCUT2D eigenvalue weighted by atomic mass is 9.97. The third kappa shape index (κ3) is 3.18. The van der Waals surface area contributed by atoms with Crippen LogP contribution in [-0.2, 0) is 6.42 Å². The van der Waals surface area contributed by atoms with E-state index in [1.807, 2.05) is 24.3 Å². The van der Waals surface area contributed by atoms with E-state index in [1.165, 1.54) is 38.5 Å². The highest BCUT2D eigenvalue weighted by molar-refractivity contribution is 5.57. The van der Waals surface area contributed by atoms with Gasteiger partial charge in [-0.2, -0.15) is 4.98 Å². The van der Waals surface area contributed by atoms with Crippen LogP contribution >= 0.6 is 0 Å². The van der Waals surface area contributed by atoms with Crippen molar-refractivity contribution in [2.45, 2.75) is 44.9 Å². The minimum Gasteiger partial charge on any atom is -0.399 e. The summed E-state index contributed by atoms with van der Waals surface area (Å²) in [6.07, 6.45) is 8.92. The Morgan fingerprint density at radius 3 is 2.45 bits per heavy atom. The second-order valence-electron chi connectivity index (χ2n) is 5.70. The highest BCUT2D eigenvalue weighted by atomic mass is 16.5. The molecule has 2 aromatic rings. The molecule has 1 saturated carbocycles. The Kier molecular flexibility index (Phi) is 4.00. The minimum absolute atomic E-state index is 0.661. The average molecular weight is 271 g/mol. The maximum absolute atomic E-state index is 5.68. The molecule has 4 nitrogen and oxygen atoms in total. The topological polar surface area (TPSA) is 64.9 Å². The van der Waals surface area contributed by atoms with E-state index >= 15 is 0 Å². The van der Waals surface area contributed by atoms with Crippen LogP contribution in [0.2, 0.25) is 0 Å². The highest BCUT2D eigenvalue weighted by Gasteiger charge is 2.17. The van der Waals surface area contributed by atoms with Crippen molar-refractivity contribution < 1.29 is 4.52 Å². The number of nitrogens with two attached hydrogens (primary N) is 1. The Balaban J connectivity index is 1.68. The second-order valence-corrected chi connectivity index (χ2v) is 5.70. The number of hydrogen-bond acceptors (Lipinski definition) is 4. The zero-order valence-corrected chi connectivity index (χ0v) is 11.7. The van der Waals surface area contributed by atoms with Crippen LogP contribution < -0.4 is 5.73 Å². The van der Waals surface area contributed by atoms with Gasteiger partial charge in [0.05, 0.1) is 0 Å². The van der Waals surface area contributed by atoms with Gasteiger partial charge in [0.25, 0.3) is 0 Å². The van der Waals surface area contributed by atoms with Crippen LogP contribution in [0.1, 0.15) is 44.4 Å². The van der Waals surface area contributed by atoms with Crippen molar-refractivity contribution in [3.63, 3.8) is 0 Å². The van der Waals surface area contributed by atoms with Crippen LogP contribution in [0.4, 0.5) is 5.69 Å². The summed E-state index contributed by atoms with van der Waals surface area (Å²) < 4.78 is 5.40. The van der Waals surface area contributed by atoms with Crippen LogP contribution in [-0.4, -0.2) is 10.1 Å². The normalized spacial score (nSPS) is 17.0. The Hall–Kier alpha value is -1.84. The van der Waals surface area contributed by atoms with Gasteiger partial charge in [-0.15, -0.1) is 0 Å². The molecule has 20 heavy (non-hydrogen) atoms. The van der Waals surface area contributed by atoms with Gasteiger partial charge in [0.1, 0.15) is 0 Å². The first-order chi connectivity index (χ1) is 9.81. The van der Waals surface area contributed by atoms with Gasteiger partial charge in [-0.25, -0.2) is 0 Å². The molecule has 1 fully saturated rings. The van der Waals surface area contributed by atoms with Gasteiger partial charge in [0.15, 0.2) is 0 Å². The van der Waals surface area contributed by atoms with Gasteiger partial charge in [0, 0.05) is 17.7 Å². The van der Waals surface area contributed by atoms with Gasteiger partial charge in [-0.3, -0.25) is 0 Å². The second kappa shape index (κ2) is 6.07. The summed E-state index contributed by atoms with van der Waals surface area (Å²) in [5.41, 5.74) is 7.38. The number of nitrogens with zero attached hydrogens (tertiary/aromatic N) is 2. The largest absolute Gasteiger partial charge is 0.399 e. The molecular weight excluding hydrogens is 250 g/mol. The average Bonchev–Trinajstić information content (AvgIpc) is 2.76. The fourth-order valence-corrected chi connectivity index (χ4v) is 2.90. The molecule has 0 bridgehead atoms. The van der Waals surface area contributed by atoms with E-state index in [0.717, 1.165) is 23.6 Å². The first-order valence-electron chi connectivity index (χ1n) is 7.50. The number of nitrogen functional groups attached to an aromatic ring is 1. The van der Waals surface area contributed by atoms with E-state index in [-0.39, 0.29) is 0 Å². The molecule has 1 aromatic heterocycles. The summed E-state index contributed by atoms with van der Waals surface area (Å²) in [5, 5.41) is 4.08. The maximum Gasteiger partial charge on any atom is 0.227 e. The van der Waals surface area contributed by atoms with Gasteiger partial charge in [-0.1, -0.05) is 30.8 Å². The van der Waals surface area contributed by atoms with Crippen LogP contribution in [0.25, 0.3) is 11.4 Å². The summed E-state index contributed by atoms with van der Waals surface area (Å²) in [7, 11) is 0. The number of hydrogen-bond donors (Lipinski definition) is 1. The van der Waals surface area contributed by atoms with Crippen molar-refractivity contribution in [2.24, 2.45) is 5.92 Å². The molecule has 0 radical (unpaired) electrons. The van der Waals surface area contributed by atoms with Crippen molar-refractivity contribution >= 4 is 5.69 Å². The van der Waals surface area contributed by atoms with Crippen LogP contribution in [0.15, 0.2) is 28.8 Å². The fourth-order valence-electron chi connectivity index (χ4n) is 2.90. The third-order valence-corrected chi connectivity index (χ3v) is 4.08. The molecule has 2 N–H and O–H groups in total. The van der Waals surface area contributed by atoms with Crippen LogP contribution in [0.5, 0.6) is 0 Å². The molecule has 1 aliphatic carbocycles. The van der Waals surface area contributed by atoms with Gasteiger partial charge in [-0.05, 0) is 43.0 Å². The summed E-state index contributed by atoms with van der Waals surface area (Å²) in [5.74, 6) is 2.13. The first-order valence-corrected chi connectivity index (χ1v) is 7.50. The molecule has 0 saturated heterocycles. The Labute approximate surface area is 119 Å². The monoisotopic (exact) mass is 271 g/mol. The van der Waals surface area contributed by atoms with Crippen molar-refractivity contribution in [1.29, 1.82) is 0 Å². The molecule has 3 rings (SSSR count). The third-order valence-electron chi connectivity index (χ3n) is 4.08. The van der Waals surface area contributed by atoms with Crippen molar-refractivity contribution in [3.8, 4) is 11.4 Å². The molecule has 0 atom stereocenters. The minimum atomic E-state index is 0.661. The molecule has 0 amide bonds. The standard InChI is InChI=1S/C16H21N3O/c17-14-9-7-13(8-10-14)16-18-15(20-19-16)11-12-5-3-1-2-4-6-12/h7-10,12H,1-6,11,17H2. The molecule has 4 heteroatoms. The van der Waals surface area contributed by atoms with E-state index in [4.69, 9.17) is 10.3 Å². The smallest absolute Gasteiger partial charge is 0.227 e. The summed E-state index contributed by atoms with van der Waals surface area (Å²) in [4.78, 5) is 4.52. The predicted octanol–water partition coefficient (Wildman–Crippen LogP) is 3.83. The van der Waals surface area contributed by atoms with Crippen molar-refractivity contribution in [1.82, 2.24) is 10.1 Å². The van der Waals surface area contributed by atoms with Crippen molar-refractivity contribution in [2.75, 3.05) is 5.73 Å². The molecule has 106 valence electrons. The predicted molar refractivity (Wildman–Crippen MR) is 79.0 cm³/mol. The molecule has 1 aromatic carbocycles. The SMILES string of the molecule is Nc1ccc(-c2noc(CC3CCCCCC3)n2)cc1. The molecule has 0 spiro atoms. The Morgan fingerprint density at radius 2 is 1.75 bits per heavy atom. The molecular formula is C16H21N3O. The van der Waals surface area contributed by atoms with E-state index in [1.54, 1.807) is 0 Å². The van der Waals surface area contributed by atoms with Crippen LogP contribution in [0.3, 0.4) is 0 Å². The molecule has 0 aliphatic heterocycles. The highest BCUT2D eigenvalue weighted by Crippen LogP contribution is 2.26. The number of anilines is 1. The number of benzene rings is 1. The molecule has 1 heterocycles. The molecule has 0 unspecified atom stereocenters. The number of aromatic nitrogens is 2. The van der Waals surface area contributed by atoms with Gasteiger partial charge >= 0.3 is 0 Å². The van der Waals surface area contributed by atoms with Crippen LogP contribution in [0, 0.1) is 5.92 Å². The zero-order valence-electron chi connectivity index (χ0n) is 11.7. The zero-order chi connectivity index (χ0) is 13.8. The molecule has 1 aliphatic rings. The summed E-state index contributed by atoms with van der Waals surface area (Å²) in [6, 6.07) is 7.57.